The van der Waals surface area contributed by atoms with Gasteiger partial charge in [-0.05, 0) is 55.2 Å². The summed E-state index contributed by atoms with van der Waals surface area (Å²) in [7, 11) is -3.34. The molecule has 0 spiro atoms. The van der Waals surface area contributed by atoms with Crippen molar-refractivity contribution >= 4 is 21.6 Å². The van der Waals surface area contributed by atoms with Gasteiger partial charge >= 0.3 is 0 Å². The molecule has 6 nitrogen and oxygen atoms in total. The fraction of sp³-hybridized carbons (Fsp3) is 0.435. The topological polar surface area (TPSA) is 75.7 Å². The van der Waals surface area contributed by atoms with E-state index in [0.29, 0.717) is 30.9 Å². The van der Waals surface area contributed by atoms with Crippen molar-refractivity contribution in [1.82, 2.24) is 5.32 Å². The van der Waals surface area contributed by atoms with Gasteiger partial charge in [-0.2, -0.15) is 0 Å². The van der Waals surface area contributed by atoms with Crippen LogP contribution in [0.5, 0.6) is 5.75 Å². The number of nitrogens with one attached hydrogen (secondary N) is 1. The van der Waals surface area contributed by atoms with Crippen LogP contribution in [0, 0.1) is 0 Å². The van der Waals surface area contributed by atoms with Crippen molar-refractivity contribution in [3.8, 4) is 5.75 Å². The molecular formula is C23H32N2O4S. The smallest absolute Gasteiger partial charge is 0.251 e. The lowest BCUT2D eigenvalue weighted by Gasteiger charge is -2.22. The first-order valence-electron chi connectivity index (χ1n) is 10.2. The van der Waals surface area contributed by atoms with Gasteiger partial charge in [0.1, 0.15) is 12.4 Å². The quantitative estimate of drug-likeness (QED) is 0.609. The predicted octanol–water partition coefficient (Wildman–Crippen LogP) is 3.97. The van der Waals surface area contributed by atoms with E-state index in [4.69, 9.17) is 4.74 Å². The van der Waals surface area contributed by atoms with E-state index in [1.54, 1.807) is 38.1 Å². The number of nitrogens with zero attached hydrogens (tertiary/aromatic N) is 1. The lowest BCUT2D eigenvalue weighted by Crippen LogP contribution is -2.32. The summed E-state index contributed by atoms with van der Waals surface area (Å²) >= 11 is 0. The van der Waals surface area contributed by atoms with Crippen LogP contribution in [0.15, 0.2) is 48.5 Å². The van der Waals surface area contributed by atoms with Gasteiger partial charge in [0.2, 0.25) is 10.0 Å². The summed E-state index contributed by atoms with van der Waals surface area (Å²) in [5.41, 5.74) is 2.12. The van der Waals surface area contributed by atoms with Gasteiger partial charge in [0.15, 0.2) is 0 Å². The maximum Gasteiger partial charge on any atom is 0.251 e. The molecule has 0 bridgehead atoms. The third-order valence-electron chi connectivity index (χ3n) is 4.75. The van der Waals surface area contributed by atoms with Gasteiger partial charge in [0, 0.05) is 12.1 Å². The standard InChI is InChI=1S/C23H32N2O4S/c1-6-25(30(27,28)7-2)19-14-12-18(13-15-19)22(26)24-16-17-29-21-11-9-8-10-20(21)23(3,4)5/h8-15H,6-7,16-17H2,1-5H3,(H,24,26). The molecule has 1 N–H and O–H groups in total. The molecule has 0 heterocycles. The Morgan fingerprint density at radius 2 is 1.67 bits per heavy atom. The summed E-state index contributed by atoms with van der Waals surface area (Å²) < 4.78 is 31.5. The number of para-hydroxylation sites is 1. The Morgan fingerprint density at radius 1 is 1.03 bits per heavy atom. The van der Waals surface area contributed by atoms with Gasteiger partial charge in [0.05, 0.1) is 18.0 Å². The second kappa shape index (κ2) is 9.98. The highest BCUT2D eigenvalue weighted by Gasteiger charge is 2.19. The Bertz CT molecular complexity index is 948. The molecule has 1 amide bonds. The van der Waals surface area contributed by atoms with E-state index in [1.807, 2.05) is 24.3 Å². The normalized spacial score (nSPS) is 11.8. The monoisotopic (exact) mass is 432 g/mol. The van der Waals surface area contributed by atoms with Crippen LogP contribution in [0.1, 0.15) is 50.5 Å². The van der Waals surface area contributed by atoms with Gasteiger partial charge in [-0.1, -0.05) is 39.0 Å². The molecule has 0 aliphatic heterocycles. The fourth-order valence-electron chi connectivity index (χ4n) is 3.11. The SMILES string of the molecule is CCN(c1ccc(C(=O)NCCOc2ccccc2C(C)(C)C)cc1)S(=O)(=O)CC. The Balaban J connectivity index is 1.94. The van der Waals surface area contributed by atoms with Gasteiger partial charge < -0.3 is 10.1 Å². The molecule has 0 aromatic heterocycles. The highest BCUT2D eigenvalue weighted by molar-refractivity contribution is 7.92. The molecule has 0 saturated heterocycles. The number of rotatable bonds is 9. The number of sulfonamides is 1. The van der Waals surface area contributed by atoms with Gasteiger partial charge in [0.25, 0.3) is 5.91 Å². The highest BCUT2D eigenvalue weighted by atomic mass is 32.2. The molecule has 2 aromatic rings. The minimum Gasteiger partial charge on any atom is -0.491 e. The molecule has 0 aliphatic rings. The lowest BCUT2D eigenvalue weighted by molar-refractivity contribution is 0.0947. The van der Waals surface area contributed by atoms with Crippen LogP contribution in [0.4, 0.5) is 5.69 Å². The molecule has 7 heteroatoms. The minimum absolute atomic E-state index is 0.0286. The zero-order valence-corrected chi connectivity index (χ0v) is 19.3. The molecule has 0 radical (unpaired) electrons. The van der Waals surface area contributed by atoms with Crippen LogP contribution in [-0.4, -0.2) is 39.8 Å². The summed E-state index contributed by atoms with van der Waals surface area (Å²) in [6.45, 7) is 10.9. The average molecular weight is 433 g/mol. The van der Waals surface area contributed by atoms with Crippen molar-refractivity contribution < 1.29 is 17.9 Å². The van der Waals surface area contributed by atoms with E-state index in [2.05, 4.69) is 26.1 Å². The van der Waals surface area contributed by atoms with Crippen molar-refractivity contribution in [2.24, 2.45) is 0 Å². The summed E-state index contributed by atoms with van der Waals surface area (Å²) in [6, 6.07) is 14.5. The zero-order chi connectivity index (χ0) is 22.4. The fourth-order valence-corrected chi connectivity index (χ4v) is 4.26. The molecule has 2 rings (SSSR count). The number of carbonyl (C=O) groups excluding carboxylic acids is 1. The Hall–Kier alpha value is -2.54. The van der Waals surface area contributed by atoms with Crippen LogP contribution in [0.2, 0.25) is 0 Å². The van der Waals surface area contributed by atoms with Crippen molar-refractivity contribution in [2.45, 2.75) is 40.0 Å². The maximum atomic E-state index is 12.4. The maximum absolute atomic E-state index is 12.4. The molecule has 30 heavy (non-hydrogen) atoms. The second-order valence-corrected chi connectivity index (χ2v) is 10.1. The number of carbonyl (C=O) groups is 1. The first kappa shape index (κ1) is 23.7. The van der Waals surface area contributed by atoms with Crippen LogP contribution in [0.3, 0.4) is 0 Å². The number of ether oxygens (including phenoxy) is 1. The van der Waals surface area contributed by atoms with E-state index >= 15 is 0 Å². The zero-order valence-electron chi connectivity index (χ0n) is 18.4. The summed E-state index contributed by atoms with van der Waals surface area (Å²) in [5, 5.41) is 2.84. The van der Waals surface area contributed by atoms with E-state index in [1.165, 1.54) is 4.31 Å². The highest BCUT2D eigenvalue weighted by Crippen LogP contribution is 2.30. The van der Waals surface area contributed by atoms with E-state index in [9.17, 15) is 13.2 Å². The number of hydrogen-bond acceptors (Lipinski definition) is 4. The minimum atomic E-state index is -3.34. The van der Waals surface area contributed by atoms with Crippen molar-refractivity contribution in [2.75, 3.05) is 29.8 Å². The molecule has 2 aromatic carbocycles. The average Bonchev–Trinajstić information content (AvgIpc) is 2.71. The molecular weight excluding hydrogens is 400 g/mol. The third-order valence-corrected chi connectivity index (χ3v) is 6.62. The summed E-state index contributed by atoms with van der Waals surface area (Å²) in [4.78, 5) is 12.4. The molecule has 0 atom stereocenters. The number of hydrogen-bond donors (Lipinski definition) is 1. The van der Waals surface area contributed by atoms with Crippen LogP contribution in [0.25, 0.3) is 0 Å². The first-order chi connectivity index (χ1) is 14.1. The van der Waals surface area contributed by atoms with Crippen LogP contribution >= 0.6 is 0 Å². The van der Waals surface area contributed by atoms with E-state index < -0.39 is 10.0 Å². The van der Waals surface area contributed by atoms with Gasteiger partial charge in [-0.15, -0.1) is 0 Å². The number of anilines is 1. The third kappa shape index (κ3) is 5.98. The Labute approximate surface area is 180 Å². The molecule has 0 saturated carbocycles. The molecule has 164 valence electrons. The number of benzene rings is 2. The molecule has 0 fully saturated rings. The first-order valence-corrected chi connectivity index (χ1v) is 11.8. The number of amides is 1. The van der Waals surface area contributed by atoms with Gasteiger partial charge in [-0.3, -0.25) is 9.10 Å². The molecule has 0 aliphatic carbocycles. The van der Waals surface area contributed by atoms with E-state index in [-0.39, 0.29) is 17.1 Å². The largest absolute Gasteiger partial charge is 0.491 e. The lowest BCUT2D eigenvalue weighted by atomic mass is 9.86. The second-order valence-electron chi connectivity index (χ2n) is 7.96. The van der Waals surface area contributed by atoms with Crippen LogP contribution in [-0.2, 0) is 15.4 Å². The predicted molar refractivity (Wildman–Crippen MR) is 122 cm³/mol. The summed E-state index contributed by atoms with van der Waals surface area (Å²) in [6.07, 6.45) is 0. The summed E-state index contributed by atoms with van der Waals surface area (Å²) in [5.74, 6) is 0.623. The van der Waals surface area contributed by atoms with Crippen LogP contribution < -0.4 is 14.4 Å². The molecule has 0 unspecified atom stereocenters. The van der Waals surface area contributed by atoms with Crippen molar-refractivity contribution in [3.05, 3.63) is 59.7 Å². The van der Waals surface area contributed by atoms with E-state index in [0.717, 1.165) is 11.3 Å². The van der Waals surface area contributed by atoms with Crippen molar-refractivity contribution in [3.63, 3.8) is 0 Å². The van der Waals surface area contributed by atoms with Crippen molar-refractivity contribution in [1.29, 1.82) is 0 Å². The van der Waals surface area contributed by atoms with Gasteiger partial charge in [-0.25, -0.2) is 8.42 Å². The Morgan fingerprint density at radius 3 is 2.23 bits per heavy atom. The Kier molecular flexibility index (Phi) is 7.89.